The van der Waals surface area contributed by atoms with Gasteiger partial charge < -0.3 is 4.74 Å². The van der Waals surface area contributed by atoms with E-state index in [9.17, 15) is 4.79 Å². The standard InChI is InChI=1S/C15H13BrN2O2/c1-10-9-18(15(19)12-4-2-3-7-17-12)13-8-11(16)5-6-14(13)20-10/h2-8,10H,9H2,1H3/t10-/m0/s1. The molecule has 0 unspecified atom stereocenters. The fourth-order valence-electron chi connectivity index (χ4n) is 2.23. The van der Waals surface area contributed by atoms with Gasteiger partial charge in [0.05, 0.1) is 12.2 Å². The highest BCUT2D eigenvalue weighted by Crippen LogP contribution is 2.36. The lowest BCUT2D eigenvalue weighted by Gasteiger charge is -2.33. The van der Waals surface area contributed by atoms with Gasteiger partial charge in [-0.15, -0.1) is 0 Å². The van der Waals surface area contributed by atoms with E-state index in [2.05, 4.69) is 20.9 Å². The molecule has 0 saturated carbocycles. The number of nitrogens with zero attached hydrogens (tertiary/aromatic N) is 2. The Labute approximate surface area is 125 Å². The van der Waals surface area contributed by atoms with Crippen molar-refractivity contribution < 1.29 is 9.53 Å². The number of hydrogen-bond acceptors (Lipinski definition) is 3. The molecule has 1 aliphatic rings. The summed E-state index contributed by atoms with van der Waals surface area (Å²) in [6, 6.07) is 11.0. The Morgan fingerprint density at radius 2 is 2.25 bits per heavy atom. The molecule has 2 aromatic rings. The summed E-state index contributed by atoms with van der Waals surface area (Å²) in [5, 5.41) is 0. The van der Waals surface area contributed by atoms with Gasteiger partial charge in [0, 0.05) is 10.7 Å². The molecule has 1 amide bonds. The maximum Gasteiger partial charge on any atom is 0.277 e. The number of ether oxygens (including phenoxy) is 1. The summed E-state index contributed by atoms with van der Waals surface area (Å²) >= 11 is 3.43. The van der Waals surface area contributed by atoms with Crippen LogP contribution in [0, 0.1) is 0 Å². The minimum absolute atomic E-state index is 0.0451. The summed E-state index contributed by atoms with van der Waals surface area (Å²) in [6.07, 6.45) is 1.58. The zero-order chi connectivity index (χ0) is 14.1. The van der Waals surface area contributed by atoms with Crippen molar-refractivity contribution >= 4 is 27.5 Å². The molecule has 0 fully saturated rings. The Hall–Kier alpha value is -1.88. The summed E-state index contributed by atoms with van der Waals surface area (Å²) in [5.41, 5.74) is 1.21. The number of pyridine rings is 1. The summed E-state index contributed by atoms with van der Waals surface area (Å²) in [4.78, 5) is 18.5. The van der Waals surface area contributed by atoms with Crippen molar-refractivity contribution in [1.29, 1.82) is 0 Å². The minimum atomic E-state index is -0.111. The van der Waals surface area contributed by atoms with Crippen molar-refractivity contribution in [3.63, 3.8) is 0 Å². The number of fused-ring (bicyclic) bond motifs is 1. The minimum Gasteiger partial charge on any atom is -0.487 e. The Bertz CT molecular complexity index is 646. The van der Waals surface area contributed by atoms with Crippen LogP contribution >= 0.6 is 15.9 Å². The normalized spacial score (nSPS) is 17.3. The van der Waals surface area contributed by atoms with Gasteiger partial charge in [-0.25, -0.2) is 0 Å². The molecule has 0 N–H and O–H groups in total. The smallest absolute Gasteiger partial charge is 0.277 e. The van der Waals surface area contributed by atoms with Crippen LogP contribution in [0.4, 0.5) is 5.69 Å². The monoisotopic (exact) mass is 332 g/mol. The topological polar surface area (TPSA) is 42.4 Å². The second kappa shape index (κ2) is 5.25. The third-order valence-electron chi connectivity index (χ3n) is 3.11. The fourth-order valence-corrected chi connectivity index (χ4v) is 2.58. The third kappa shape index (κ3) is 2.41. The number of aromatic nitrogens is 1. The van der Waals surface area contributed by atoms with E-state index in [1.165, 1.54) is 0 Å². The Morgan fingerprint density at radius 1 is 1.40 bits per heavy atom. The van der Waals surface area contributed by atoms with Crippen molar-refractivity contribution in [2.45, 2.75) is 13.0 Å². The number of hydrogen-bond donors (Lipinski definition) is 0. The van der Waals surface area contributed by atoms with Gasteiger partial charge in [0.25, 0.3) is 5.91 Å². The van der Waals surface area contributed by atoms with Crippen molar-refractivity contribution in [3.8, 4) is 5.75 Å². The van der Waals surface area contributed by atoms with Gasteiger partial charge in [0.15, 0.2) is 0 Å². The SMILES string of the molecule is C[C@H]1CN(C(=O)c2ccccn2)c2cc(Br)ccc2O1. The van der Waals surface area contributed by atoms with Crippen molar-refractivity contribution in [3.05, 3.63) is 52.8 Å². The van der Waals surface area contributed by atoms with Crippen LogP contribution in [0.1, 0.15) is 17.4 Å². The van der Waals surface area contributed by atoms with Gasteiger partial charge in [-0.1, -0.05) is 22.0 Å². The number of halogens is 1. The van der Waals surface area contributed by atoms with E-state index in [0.29, 0.717) is 12.2 Å². The maximum absolute atomic E-state index is 12.6. The first kappa shape index (κ1) is 13.1. The predicted molar refractivity (Wildman–Crippen MR) is 80.1 cm³/mol. The number of amides is 1. The molecule has 0 spiro atoms. The molecule has 5 heteroatoms. The number of carbonyl (C=O) groups is 1. The van der Waals surface area contributed by atoms with Gasteiger partial charge in [-0.05, 0) is 37.3 Å². The first-order valence-corrected chi connectivity index (χ1v) is 7.13. The first-order chi connectivity index (χ1) is 9.65. The number of benzene rings is 1. The highest BCUT2D eigenvalue weighted by atomic mass is 79.9. The van der Waals surface area contributed by atoms with Gasteiger partial charge >= 0.3 is 0 Å². The zero-order valence-electron chi connectivity index (χ0n) is 10.9. The van der Waals surface area contributed by atoms with Crippen LogP contribution in [0.2, 0.25) is 0 Å². The quantitative estimate of drug-likeness (QED) is 0.804. The zero-order valence-corrected chi connectivity index (χ0v) is 12.5. The predicted octanol–water partition coefficient (Wildman–Crippen LogP) is 3.27. The van der Waals surface area contributed by atoms with Crippen LogP contribution in [-0.2, 0) is 0 Å². The second-order valence-corrected chi connectivity index (χ2v) is 5.59. The Kier molecular flexibility index (Phi) is 3.44. The van der Waals surface area contributed by atoms with Crippen molar-refractivity contribution in [1.82, 2.24) is 4.98 Å². The molecule has 0 bridgehead atoms. The van der Waals surface area contributed by atoms with Crippen LogP contribution < -0.4 is 9.64 Å². The van der Waals surface area contributed by atoms with Crippen molar-refractivity contribution in [2.75, 3.05) is 11.4 Å². The van der Waals surface area contributed by atoms with Crippen molar-refractivity contribution in [2.24, 2.45) is 0 Å². The van der Waals surface area contributed by atoms with Gasteiger partial charge in [0.2, 0.25) is 0 Å². The molecule has 3 rings (SSSR count). The third-order valence-corrected chi connectivity index (χ3v) is 3.60. The highest BCUT2D eigenvalue weighted by molar-refractivity contribution is 9.10. The Morgan fingerprint density at radius 3 is 3.00 bits per heavy atom. The molecule has 0 radical (unpaired) electrons. The highest BCUT2D eigenvalue weighted by Gasteiger charge is 2.29. The van der Waals surface area contributed by atoms with E-state index in [-0.39, 0.29) is 12.0 Å². The molecule has 102 valence electrons. The lowest BCUT2D eigenvalue weighted by atomic mass is 10.1. The van der Waals surface area contributed by atoms with Gasteiger partial charge in [0.1, 0.15) is 17.5 Å². The summed E-state index contributed by atoms with van der Waals surface area (Å²) < 4.78 is 6.68. The lowest BCUT2D eigenvalue weighted by Crippen LogP contribution is -2.42. The first-order valence-electron chi connectivity index (χ1n) is 6.34. The average Bonchev–Trinajstić information content (AvgIpc) is 2.47. The van der Waals surface area contributed by atoms with Crippen LogP contribution in [0.25, 0.3) is 0 Å². The Balaban J connectivity index is 2.02. The number of carbonyl (C=O) groups excluding carboxylic acids is 1. The molecule has 1 aromatic heterocycles. The van der Waals surface area contributed by atoms with Crippen LogP contribution in [0.3, 0.4) is 0 Å². The van der Waals surface area contributed by atoms with Crippen LogP contribution in [0.15, 0.2) is 47.1 Å². The fraction of sp³-hybridized carbons (Fsp3) is 0.200. The number of rotatable bonds is 1. The molecule has 1 atom stereocenters. The molecule has 2 heterocycles. The molecule has 0 aliphatic carbocycles. The van der Waals surface area contributed by atoms with E-state index < -0.39 is 0 Å². The second-order valence-electron chi connectivity index (χ2n) is 4.67. The lowest BCUT2D eigenvalue weighted by molar-refractivity contribution is 0.0956. The molecule has 0 saturated heterocycles. The van der Waals surface area contributed by atoms with E-state index >= 15 is 0 Å². The molecule has 4 nitrogen and oxygen atoms in total. The number of anilines is 1. The largest absolute Gasteiger partial charge is 0.487 e. The molecule has 20 heavy (non-hydrogen) atoms. The van der Waals surface area contributed by atoms with E-state index in [1.54, 1.807) is 23.2 Å². The molecular weight excluding hydrogens is 320 g/mol. The summed E-state index contributed by atoms with van der Waals surface area (Å²) in [5.74, 6) is 0.608. The summed E-state index contributed by atoms with van der Waals surface area (Å²) in [6.45, 7) is 2.46. The van der Waals surface area contributed by atoms with E-state index in [0.717, 1.165) is 15.9 Å². The van der Waals surface area contributed by atoms with Gasteiger partial charge in [-0.3, -0.25) is 14.7 Å². The molecular formula is C15H13BrN2O2. The van der Waals surface area contributed by atoms with E-state index in [1.807, 2.05) is 31.2 Å². The molecule has 1 aliphatic heterocycles. The van der Waals surface area contributed by atoms with Crippen LogP contribution in [0.5, 0.6) is 5.75 Å². The molecule has 1 aromatic carbocycles. The summed E-state index contributed by atoms with van der Waals surface area (Å²) in [7, 11) is 0. The average molecular weight is 333 g/mol. The van der Waals surface area contributed by atoms with Gasteiger partial charge in [-0.2, -0.15) is 0 Å². The van der Waals surface area contributed by atoms with E-state index in [4.69, 9.17) is 4.74 Å². The van der Waals surface area contributed by atoms with Crippen LogP contribution in [-0.4, -0.2) is 23.5 Å². The maximum atomic E-state index is 12.6.